The molecule has 1 fully saturated rings. The normalized spacial score (nSPS) is 14.2. The molecule has 0 bridgehead atoms. The smallest absolute Gasteiger partial charge is 0.203 e. The van der Waals surface area contributed by atoms with Crippen molar-refractivity contribution in [3.05, 3.63) is 46.2 Å². The summed E-state index contributed by atoms with van der Waals surface area (Å²) in [6.45, 7) is 0. The molecule has 1 aromatic carbocycles. The van der Waals surface area contributed by atoms with Crippen LogP contribution in [0.15, 0.2) is 35.7 Å². The predicted octanol–water partition coefficient (Wildman–Crippen LogP) is 3.53. The summed E-state index contributed by atoms with van der Waals surface area (Å²) in [7, 11) is 1.60. The Hall–Kier alpha value is -1.81. The van der Waals surface area contributed by atoms with Crippen LogP contribution >= 0.6 is 11.3 Å². The Morgan fingerprint density at radius 2 is 2.11 bits per heavy atom. The number of rotatable bonds is 5. The molecular weight excluding hydrogens is 260 g/mol. The molecular formula is C15H14O3S. The van der Waals surface area contributed by atoms with Gasteiger partial charge in [-0.1, -0.05) is 12.1 Å². The molecule has 4 heteroatoms. The molecule has 0 atom stereocenters. The minimum absolute atomic E-state index is 0.00884. The van der Waals surface area contributed by atoms with Gasteiger partial charge in [-0.3, -0.25) is 4.79 Å². The maximum atomic E-state index is 12.3. The first-order chi connectivity index (χ1) is 9.26. The summed E-state index contributed by atoms with van der Waals surface area (Å²) >= 11 is 1.39. The highest BCUT2D eigenvalue weighted by molar-refractivity contribution is 7.12. The third kappa shape index (κ3) is 2.79. The van der Waals surface area contributed by atoms with Crippen LogP contribution in [0, 0.1) is 0 Å². The second-order valence-electron chi connectivity index (χ2n) is 4.52. The molecule has 0 amide bonds. The molecule has 1 heterocycles. The first kappa shape index (κ1) is 12.2. The maximum Gasteiger partial charge on any atom is 0.203 e. The van der Waals surface area contributed by atoms with Gasteiger partial charge >= 0.3 is 0 Å². The highest BCUT2D eigenvalue weighted by Crippen LogP contribution is 2.28. The minimum Gasteiger partial charge on any atom is -0.496 e. The van der Waals surface area contributed by atoms with Gasteiger partial charge in [0.15, 0.2) is 0 Å². The van der Waals surface area contributed by atoms with E-state index in [4.69, 9.17) is 9.47 Å². The first-order valence-electron chi connectivity index (χ1n) is 6.20. The van der Waals surface area contributed by atoms with Crippen LogP contribution in [-0.4, -0.2) is 19.0 Å². The molecule has 0 unspecified atom stereocenters. The number of carbonyl (C=O) groups excluding carboxylic acids is 1. The lowest BCUT2D eigenvalue weighted by Gasteiger charge is -2.05. The topological polar surface area (TPSA) is 35.5 Å². The minimum atomic E-state index is 0.00884. The molecule has 0 saturated heterocycles. The van der Waals surface area contributed by atoms with E-state index in [0.717, 1.165) is 24.3 Å². The zero-order valence-corrected chi connectivity index (χ0v) is 11.4. The number of carbonyl (C=O) groups is 1. The molecule has 3 rings (SSSR count). The van der Waals surface area contributed by atoms with Crippen LogP contribution in [0.1, 0.15) is 28.1 Å². The Bertz CT molecular complexity index is 599. The van der Waals surface area contributed by atoms with E-state index >= 15 is 0 Å². The molecule has 0 radical (unpaired) electrons. The average molecular weight is 274 g/mol. The van der Waals surface area contributed by atoms with Crippen LogP contribution in [0.5, 0.6) is 11.5 Å². The van der Waals surface area contributed by atoms with E-state index in [1.165, 1.54) is 11.3 Å². The molecule has 0 spiro atoms. The van der Waals surface area contributed by atoms with Crippen molar-refractivity contribution >= 4 is 17.1 Å². The van der Waals surface area contributed by atoms with E-state index in [9.17, 15) is 4.79 Å². The number of hydrogen-bond donors (Lipinski definition) is 0. The van der Waals surface area contributed by atoms with Crippen LogP contribution < -0.4 is 9.47 Å². The zero-order valence-electron chi connectivity index (χ0n) is 10.6. The van der Waals surface area contributed by atoms with E-state index < -0.39 is 0 Å². The second kappa shape index (κ2) is 5.05. The van der Waals surface area contributed by atoms with E-state index in [1.54, 1.807) is 13.2 Å². The molecule has 1 saturated carbocycles. The zero-order chi connectivity index (χ0) is 13.2. The fourth-order valence-corrected chi connectivity index (χ4v) is 2.59. The lowest BCUT2D eigenvalue weighted by molar-refractivity contribution is 0.104. The van der Waals surface area contributed by atoms with Gasteiger partial charge in [0.05, 0.1) is 18.1 Å². The number of thiophene rings is 1. The van der Waals surface area contributed by atoms with E-state index in [-0.39, 0.29) is 5.78 Å². The van der Waals surface area contributed by atoms with Crippen LogP contribution in [0.4, 0.5) is 0 Å². The van der Waals surface area contributed by atoms with Crippen LogP contribution in [0.3, 0.4) is 0 Å². The predicted molar refractivity (Wildman–Crippen MR) is 74.4 cm³/mol. The molecule has 1 aliphatic rings. The van der Waals surface area contributed by atoms with Crippen molar-refractivity contribution in [2.24, 2.45) is 0 Å². The number of hydrogen-bond acceptors (Lipinski definition) is 4. The Labute approximate surface area is 115 Å². The quantitative estimate of drug-likeness (QED) is 0.782. The van der Waals surface area contributed by atoms with Crippen molar-refractivity contribution in [2.45, 2.75) is 18.9 Å². The molecule has 1 aliphatic carbocycles. The highest BCUT2D eigenvalue weighted by atomic mass is 32.1. The molecule has 2 aromatic rings. The van der Waals surface area contributed by atoms with Gasteiger partial charge in [-0.15, -0.1) is 11.3 Å². The average Bonchev–Trinajstić information content (AvgIpc) is 3.11. The van der Waals surface area contributed by atoms with Gasteiger partial charge in [0.2, 0.25) is 5.78 Å². The Morgan fingerprint density at radius 1 is 1.26 bits per heavy atom. The molecule has 98 valence electrons. The lowest BCUT2D eigenvalue weighted by Crippen LogP contribution is -2.01. The van der Waals surface area contributed by atoms with E-state index in [0.29, 0.717) is 16.5 Å². The number of ketones is 1. The Balaban J connectivity index is 1.81. The molecule has 0 aliphatic heterocycles. The Kier molecular flexibility index (Phi) is 3.25. The van der Waals surface area contributed by atoms with Gasteiger partial charge in [-0.05, 0) is 25.0 Å². The highest BCUT2D eigenvalue weighted by Gasteiger charge is 2.23. The van der Waals surface area contributed by atoms with Crippen molar-refractivity contribution < 1.29 is 14.3 Å². The van der Waals surface area contributed by atoms with Crippen molar-refractivity contribution in [3.8, 4) is 11.5 Å². The van der Waals surface area contributed by atoms with Crippen molar-refractivity contribution in [3.63, 3.8) is 0 Å². The number of ether oxygens (including phenoxy) is 2. The van der Waals surface area contributed by atoms with Gasteiger partial charge < -0.3 is 9.47 Å². The third-order valence-electron chi connectivity index (χ3n) is 2.96. The summed E-state index contributed by atoms with van der Waals surface area (Å²) in [5.74, 6) is 1.50. The first-order valence-corrected chi connectivity index (χ1v) is 7.08. The van der Waals surface area contributed by atoms with Crippen molar-refractivity contribution in [1.82, 2.24) is 0 Å². The molecule has 3 nitrogen and oxygen atoms in total. The van der Waals surface area contributed by atoms with Crippen LogP contribution in [0.2, 0.25) is 0 Å². The van der Waals surface area contributed by atoms with Gasteiger partial charge in [0.25, 0.3) is 0 Å². The maximum absolute atomic E-state index is 12.3. The third-order valence-corrected chi connectivity index (χ3v) is 3.87. The van der Waals surface area contributed by atoms with Crippen LogP contribution in [-0.2, 0) is 0 Å². The summed E-state index contributed by atoms with van der Waals surface area (Å²) in [6, 6.07) is 9.14. The van der Waals surface area contributed by atoms with Gasteiger partial charge in [-0.25, -0.2) is 0 Å². The van der Waals surface area contributed by atoms with E-state index in [1.807, 2.05) is 29.6 Å². The van der Waals surface area contributed by atoms with E-state index in [2.05, 4.69) is 0 Å². The fourth-order valence-electron chi connectivity index (χ4n) is 1.78. The molecule has 19 heavy (non-hydrogen) atoms. The standard InChI is InChI=1S/C15H14O3S/c1-17-13-8-14(19-9-13)15(16)10-3-2-4-12(7-10)18-11-5-6-11/h2-4,7-9,11H,5-6H2,1H3. The summed E-state index contributed by atoms with van der Waals surface area (Å²) in [5.41, 5.74) is 0.655. The SMILES string of the molecule is COc1csc(C(=O)c2cccc(OC3CC3)c2)c1. The Morgan fingerprint density at radius 3 is 2.79 bits per heavy atom. The summed E-state index contributed by atoms with van der Waals surface area (Å²) < 4.78 is 10.8. The van der Waals surface area contributed by atoms with Crippen molar-refractivity contribution in [1.29, 1.82) is 0 Å². The monoisotopic (exact) mass is 274 g/mol. The largest absolute Gasteiger partial charge is 0.496 e. The van der Waals surface area contributed by atoms with Gasteiger partial charge in [0, 0.05) is 17.0 Å². The van der Waals surface area contributed by atoms with Crippen molar-refractivity contribution in [2.75, 3.05) is 7.11 Å². The number of methoxy groups -OCH3 is 1. The summed E-state index contributed by atoms with van der Waals surface area (Å²) in [5, 5.41) is 1.83. The second-order valence-corrected chi connectivity index (χ2v) is 5.44. The van der Waals surface area contributed by atoms with Gasteiger partial charge in [-0.2, -0.15) is 0 Å². The molecule has 0 N–H and O–H groups in total. The van der Waals surface area contributed by atoms with Gasteiger partial charge in [0.1, 0.15) is 11.5 Å². The summed E-state index contributed by atoms with van der Waals surface area (Å²) in [4.78, 5) is 13.0. The molecule has 1 aromatic heterocycles. The lowest BCUT2D eigenvalue weighted by atomic mass is 10.1. The summed E-state index contributed by atoms with van der Waals surface area (Å²) in [6.07, 6.45) is 2.56. The fraction of sp³-hybridized carbons (Fsp3) is 0.267. The van der Waals surface area contributed by atoms with Crippen LogP contribution in [0.25, 0.3) is 0 Å². The number of benzene rings is 1.